The first-order valence-corrected chi connectivity index (χ1v) is 8.46. The fraction of sp³-hybridized carbons (Fsp3) is 0.706. The lowest BCUT2D eigenvalue weighted by Gasteiger charge is -2.30. The summed E-state index contributed by atoms with van der Waals surface area (Å²) in [7, 11) is 0. The van der Waals surface area contributed by atoms with E-state index in [4.69, 9.17) is 0 Å². The molecule has 1 heterocycles. The van der Waals surface area contributed by atoms with Crippen molar-refractivity contribution in [3.63, 3.8) is 0 Å². The lowest BCUT2D eigenvalue weighted by Crippen LogP contribution is -2.45. The van der Waals surface area contributed by atoms with Crippen molar-refractivity contribution in [2.24, 2.45) is 17.8 Å². The van der Waals surface area contributed by atoms with Crippen molar-refractivity contribution in [1.82, 2.24) is 15.3 Å². The van der Waals surface area contributed by atoms with Crippen LogP contribution in [-0.2, 0) is 11.2 Å². The summed E-state index contributed by atoms with van der Waals surface area (Å²) in [5.74, 6) is 1.34. The average Bonchev–Trinajstić information content (AvgIpc) is 3.07. The Labute approximate surface area is 135 Å². The van der Waals surface area contributed by atoms with Gasteiger partial charge in [-0.15, -0.1) is 0 Å². The zero-order valence-electron chi connectivity index (χ0n) is 13.8. The normalized spacial score (nSPS) is 29.0. The van der Waals surface area contributed by atoms with E-state index in [-0.39, 0.29) is 30.2 Å². The molecule has 2 bridgehead atoms. The van der Waals surface area contributed by atoms with E-state index in [9.17, 15) is 14.7 Å². The number of hydrogen-bond donors (Lipinski definition) is 3. The van der Waals surface area contributed by atoms with Gasteiger partial charge < -0.3 is 15.4 Å². The fourth-order valence-electron chi connectivity index (χ4n) is 4.52. The highest BCUT2D eigenvalue weighted by Gasteiger charge is 2.47. The molecule has 1 amide bonds. The van der Waals surface area contributed by atoms with Crippen LogP contribution in [-0.4, -0.2) is 33.6 Å². The number of fused-ring (bicyclic) bond motifs is 2. The second-order valence-electron chi connectivity index (χ2n) is 7.00. The van der Waals surface area contributed by atoms with Gasteiger partial charge in [0.05, 0.1) is 0 Å². The van der Waals surface area contributed by atoms with E-state index in [0.717, 1.165) is 24.1 Å². The SMILES string of the molecule is Cc1nc(=O)[nH]c(C)c1CCC(=O)NC1C2CCC(C2)C1CO. The van der Waals surface area contributed by atoms with Crippen molar-refractivity contribution >= 4 is 5.91 Å². The highest BCUT2D eigenvalue weighted by atomic mass is 16.3. The molecular weight excluding hydrogens is 294 g/mol. The highest BCUT2D eigenvalue weighted by molar-refractivity contribution is 5.76. The Morgan fingerprint density at radius 1 is 1.35 bits per heavy atom. The Kier molecular flexibility index (Phi) is 4.53. The molecule has 126 valence electrons. The number of amides is 1. The van der Waals surface area contributed by atoms with Crippen LogP contribution >= 0.6 is 0 Å². The minimum atomic E-state index is -0.346. The smallest absolute Gasteiger partial charge is 0.345 e. The van der Waals surface area contributed by atoms with Crippen molar-refractivity contribution < 1.29 is 9.90 Å². The van der Waals surface area contributed by atoms with Crippen LogP contribution in [0.5, 0.6) is 0 Å². The molecule has 23 heavy (non-hydrogen) atoms. The molecule has 6 nitrogen and oxygen atoms in total. The Hall–Kier alpha value is -1.69. The van der Waals surface area contributed by atoms with E-state index in [0.29, 0.717) is 30.4 Å². The number of carbonyl (C=O) groups is 1. The topological polar surface area (TPSA) is 95.1 Å². The summed E-state index contributed by atoms with van der Waals surface area (Å²) in [6.07, 6.45) is 4.43. The van der Waals surface area contributed by atoms with Crippen LogP contribution in [0.1, 0.15) is 42.6 Å². The van der Waals surface area contributed by atoms with Crippen molar-refractivity contribution in [3.8, 4) is 0 Å². The molecule has 0 spiro atoms. The van der Waals surface area contributed by atoms with E-state index in [2.05, 4.69) is 15.3 Å². The van der Waals surface area contributed by atoms with Crippen molar-refractivity contribution in [2.75, 3.05) is 6.61 Å². The maximum absolute atomic E-state index is 12.3. The van der Waals surface area contributed by atoms with Crippen LogP contribution in [0, 0.1) is 31.6 Å². The van der Waals surface area contributed by atoms with E-state index < -0.39 is 0 Å². The van der Waals surface area contributed by atoms with Gasteiger partial charge in [0.1, 0.15) is 0 Å². The molecule has 0 aliphatic heterocycles. The molecule has 4 atom stereocenters. The number of aliphatic hydroxyl groups excluding tert-OH is 1. The Morgan fingerprint density at radius 3 is 2.78 bits per heavy atom. The Morgan fingerprint density at radius 2 is 2.09 bits per heavy atom. The molecule has 3 N–H and O–H groups in total. The number of H-pyrrole nitrogens is 1. The van der Waals surface area contributed by atoms with Gasteiger partial charge in [0.15, 0.2) is 0 Å². The molecule has 4 unspecified atom stereocenters. The van der Waals surface area contributed by atoms with Gasteiger partial charge in [-0.1, -0.05) is 0 Å². The van der Waals surface area contributed by atoms with Crippen LogP contribution in [0.25, 0.3) is 0 Å². The molecule has 2 aliphatic rings. The lowest BCUT2D eigenvalue weighted by molar-refractivity contribution is -0.122. The third kappa shape index (κ3) is 3.17. The van der Waals surface area contributed by atoms with Gasteiger partial charge in [-0.25, -0.2) is 4.79 Å². The van der Waals surface area contributed by atoms with Gasteiger partial charge >= 0.3 is 5.69 Å². The largest absolute Gasteiger partial charge is 0.396 e. The predicted molar refractivity (Wildman–Crippen MR) is 86.0 cm³/mol. The maximum atomic E-state index is 12.3. The van der Waals surface area contributed by atoms with Crippen LogP contribution in [0.15, 0.2) is 4.79 Å². The van der Waals surface area contributed by atoms with Crippen LogP contribution in [0.2, 0.25) is 0 Å². The number of hydrogen-bond acceptors (Lipinski definition) is 4. The number of aliphatic hydroxyl groups is 1. The number of nitrogens with zero attached hydrogens (tertiary/aromatic N) is 1. The quantitative estimate of drug-likeness (QED) is 0.749. The molecule has 0 aromatic carbocycles. The van der Waals surface area contributed by atoms with E-state index in [1.54, 1.807) is 6.92 Å². The average molecular weight is 319 g/mol. The molecule has 0 saturated heterocycles. The van der Waals surface area contributed by atoms with Crippen LogP contribution in [0.3, 0.4) is 0 Å². The molecule has 6 heteroatoms. The van der Waals surface area contributed by atoms with E-state index in [1.165, 1.54) is 6.42 Å². The second kappa shape index (κ2) is 6.43. The number of aryl methyl sites for hydroxylation is 2. The fourth-order valence-corrected chi connectivity index (χ4v) is 4.52. The summed E-state index contributed by atoms with van der Waals surface area (Å²) in [4.78, 5) is 30.2. The summed E-state index contributed by atoms with van der Waals surface area (Å²) in [5, 5.41) is 12.7. The lowest BCUT2D eigenvalue weighted by atomic mass is 9.85. The summed E-state index contributed by atoms with van der Waals surface area (Å²) in [5.41, 5.74) is 2.06. The van der Waals surface area contributed by atoms with Gasteiger partial charge in [0.25, 0.3) is 0 Å². The molecule has 1 aromatic rings. The zero-order valence-corrected chi connectivity index (χ0v) is 13.8. The third-order valence-corrected chi connectivity index (χ3v) is 5.68. The van der Waals surface area contributed by atoms with Gasteiger partial charge in [-0.2, -0.15) is 4.98 Å². The third-order valence-electron chi connectivity index (χ3n) is 5.68. The minimum Gasteiger partial charge on any atom is -0.396 e. The van der Waals surface area contributed by atoms with Crippen molar-refractivity contribution in [3.05, 3.63) is 27.4 Å². The zero-order chi connectivity index (χ0) is 16.6. The first kappa shape index (κ1) is 16.2. The monoisotopic (exact) mass is 319 g/mol. The van der Waals surface area contributed by atoms with E-state index >= 15 is 0 Å². The molecule has 1 aromatic heterocycles. The second-order valence-corrected chi connectivity index (χ2v) is 7.00. The van der Waals surface area contributed by atoms with Crippen LogP contribution in [0.4, 0.5) is 0 Å². The van der Waals surface area contributed by atoms with Crippen LogP contribution < -0.4 is 11.0 Å². The van der Waals surface area contributed by atoms with Crippen molar-refractivity contribution in [2.45, 2.75) is 52.0 Å². The van der Waals surface area contributed by atoms with Gasteiger partial charge in [-0.05, 0) is 56.9 Å². The molecular formula is C17H25N3O3. The number of nitrogens with one attached hydrogen (secondary N) is 2. The van der Waals surface area contributed by atoms with Gasteiger partial charge in [0.2, 0.25) is 5.91 Å². The predicted octanol–water partition coefficient (Wildman–Crippen LogP) is 0.843. The number of aromatic amines is 1. The van der Waals surface area contributed by atoms with Gasteiger partial charge in [-0.3, -0.25) is 4.79 Å². The molecule has 3 rings (SSSR count). The maximum Gasteiger partial charge on any atom is 0.345 e. The first-order valence-electron chi connectivity index (χ1n) is 8.46. The van der Waals surface area contributed by atoms with Crippen molar-refractivity contribution in [1.29, 1.82) is 0 Å². The number of carbonyl (C=O) groups excluding carboxylic acids is 1. The van der Waals surface area contributed by atoms with Gasteiger partial charge in [0, 0.05) is 36.4 Å². The Bertz CT molecular complexity index is 629. The summed E-state index contributed by atoms with van der Waals surface area (Å²) in [6, 6.07) is 0.127. The number of aromatic nitrogens is 2. The molecule has 2 saturated carbocycles. The minimum absolute atomic E-state index is 0.0194. The molecule has 2 fully saturated rings. The highest BCUT2D eigenvalue weighted by Crippen LogP contribution is 2.48. The first-order chi connectivity index (χ1) is 11.0. The summed E-state index contributed by atoms with van der Waals surface area (Å²) in [6.45, 7) is 3.79. The standard InChI is InChI=1S/C17H25N3O3/c1-9-13(10(2)19-17(23)18-9)5-6-15(22)20-16-12-4-3-11(7-12)14(16)8-21/h11-12,14,16,21H,3-8H2,1-2H3,(H,20,22)(H,18,19,23). The summed E-state index contributed by atoms with van der Waals surface area (Å²) < 4.78 is 0. The summed E-state index contributed by atoms with van der Waals surface area (Å²) >= 11 is 0. The number of rotatable bonds is 5. The Balaban J connectivity index is 1.59. The van der Waals surface area contributed by atoms with E-state index in [1.807, 2.05) is 6.92 Å². The molecule has 0 radical (unpaired) electrons. The molecule has 2 aliphatic carbocycles.